The molecule has 5 atom stereocenters. The van der Waals surface area contributed by atoms with E-state index >= 15 is 0 Å². The third kappa shape index (κ3) is 4.96. The number of hydrogen-bond donors (Lipinski definition) is 6. The van der Waals surface area contributed by atoms with Crippen LogP contribution in [0.5, 0.6) is 5.75 Å². The molecule has 9 heteroatoms. The topological polar surface area (TPSA) is 143 Å². The number of ether oxygens (including phenoxy) is 1. The number of nitrogens with zero attached hydrogens (tertiary/aromatic N) is 1. The maximum Gasteiger partial charge on any atom is 0.255 e. The SMILES string of the molecule is O=C(Nc1ccccc1)c1ccc(OCCN2C(O)[C@H](O)[C@@H](O)[C@H](O)[C@H]2CO)cc1. The highest BCUT2D eigenvalue weighted by Gasteiger charge is 2.46. The van der Waals surface area contributed by atoms with E-state index < -0.39 is 37.2 Å². The van der Waals surface area contributed by atoms with E-state index in [-0.39, 0.29) is 19.1 Å². The number of likely N-dealkylation sites (tertiary alicyclic amines) is 1. The van der Waals surface area contributed by atoms with Crippen molar-refractivity contribution in [2.24, 2.45) is 0 Å². The molecule has 6 N–H and O–H groups in total. The standard InChI is InChI=1S/C21H26N2O7/c24-12-16-17(25)18(26)19(27)21(29)23(16)10-11-30-15-8-6-13(7-9-15)20(28)22-14-4-2-1-3-5-14/h1-9,16-19,21,24-27,29H,10-12H2,(H,22,28)/t16-,17-,18+,19-,21?/m1/s1. The number of nitrogens with one attached hydrogen (secondary N) is 1. The highest BCUT2D eigenvalue weighted by molar-refractivity contribution is 6.04. The first-order chi connectivity index (χ1) is 14.4. The lowest BCUT2D eigenvalue weighted by Gasteiger charge is -2.46. The van der Waals surface area contributed by atoms with Crippen LogP contribution in [0.3, 0.4) is 0 Å². The Hall–Kier alpha value is -2.53. The molecule has 0 aromatic heterocycles. The van der Waals surface area contributed by atoms with Gasteiger partial charge in [0.25, 0.3) is 5.91 Å². The van der Waals surface area contributed by atoms with Gasteiger partial charge in [0.15, 0.2) is 0 Å². The van der Waals surface area contributed by atoms with Gasteiger partial charge in [0.1, 0.15) is 36.9 Å². The molecule has 0 saturated carbocycles. The van der Waals surface area contributed by atoms with Crippen LogP contribution in [0.25, 0.3) is 0 Å². The predicted octanol–water partition coefficient (Wildman–Crippen LogP) is -0.605. The second-order valence-corrected chi connectivity index (χ2v) is 7.07. The summed E-state index contributed by atoms with van der Waals surface area (Å²) in [6, 6.07) is 14.6. The molecule has 3 rings (SSSR count). The van der Waals surface area contributed by atoms with Crippen LogP contribution in [0.4, 0.5) is 5.69 Å². The van der Waals surface area contributed by atoms with E-state index in [0.29, 0.717) is 17.0 Å². The molecular weight excluding hydrogens is 392 g/mol. The van der Waals surface area contributed by atoms with Crippen molar-refractivity contribution in [3.05, 3.63) is 60.2 Å². The fourth-order valence-corrected chi connectivity index (χ4v) is 3.40. The van der Waals surface area contributed by atoms with Crippen molar-refractivity contribution in [1.82, 2.24) is 4.90 Å². The average Bonchev–Trinajstić information content (AvgIpc) is 2.77. The minimum absolute atomic E-state index is 0.0820. The lowest BCUT2D eigenvalue weighted by atomic mass is 9.93. The van der Waals surface area contributed by atoms with Crippen LogP contribution in [0.15, 0.2) is 54.6 Å². The highest BCUT2D eigenvalue weighted by Crippen LogP contribution is 2.23. The van der Waals surface area contributed by atoms with Gasteiger partial charge in [0, 0.05) is 17.8 Å². The summed E-state index contributed by atoms with van der Waals surface area (Å²) in [5.41, 5.74) is 1.15. The van der Waals surface area contributed by atoms with Gasteiger partial charge < -0.3 is 35.6 Å². The maximum atomic E-state index is 12.3. The smallest absolute Gasteiger partial charge is 0.255 e. The molecule has 0 radical (unpaired) electrons. The molecule has 30 heavy (non-hydrogen) atoms. The molecule has 1 amide bonds. The summed E-state index contributed by atoms with van der Waals surface area (Å²) in [7, 11) is 0. The van der Waals surface area contributed by atoms with Crippen molar-refractivity contribution < 1.29 is 35.1 Å². The Bertz CT molecular complexity index is 818. The van der Waals surface area contributed by atoms with E-state index in [9.17, 15) is 30.3 Å². The number of piperidine rings is 1. The van der Waals surface area contributed by atoms with Crippen molar-refractivity contribution in [3.63, 3.8) is 0 Å². The zero-order valence-electron chi connectivity index (χ0n) is 16.2. The van der Waals surface area contributed by atoms with Gasteiger partial charge in [-0.3, -0.25) is 9.69 Å². The van der Waals surface area contributed by atoms with Crippen molar-refractivity contribution in [1.29, 1.82) is 0 Å². The Morgan fingerprint density at radius 2 is 1.60 bits per heavy atom. The number of aliphatic hydroxyl groups is 5. The largest absolute Gasteiger partial charge is 0.492 e. The maximum absolute atomic E-state index is 12.3. The fourth-order valence-electron chi connectivity index (χ4n) is 3.40. The highest BCUT2D eigenvalue weighted by atomic mass is 16.5. The van der Waals surface area contributed by atoms with Gasteiger partial charge in [-0.25, -0.2) is 0 Å². The van der Waals surface area contributed by atoms with E-state index in [4.69, 9.17) is 4.74 Å². The number of aliphatic hydroxyl groups excluding tert-OH is 5. The Kier molecular flexibility index (Phi) is 7.38. The Morgan fingerprint density at radius 1 is 0.933 bits per heavy atom. The number of para-hydroxylation sites is 1. The van der Waals surface area contributed by atoms with Crippen LogP contribution < -0.4 is 10.1 Å². The summed E-state index contributed by atoms with van der Waals surface area (Å²) in [6.07, 6.45) is -5.97. The number of amides is 1. The molecule has 1 heterocycles. The summed E-state index contributed by atoms with van der Waals surface area (Å²) < 4.78 is 5.61. The second-order valence-electron chi connectivity index (χ2n) is 7.07. The van der Waals surface area contributed by atoms with Crippen LogP contribution in [-0.2, 0) is 0 Å². The van der Waals surface area contributed by atoms with Gasteiger partial charge in [-0.05, 0) is 36.4 Å². The minimum Gasteiger partial charge on any atom is -0.492 e. The number of benzene rings is 2. The monoisotopic (exact) mass is 418 g/mol. The van der Waals surface area contributed by atoms with E-state index in [1.165, 1.54) is 4.90 Å². The minimum atomic E-state index is -1.56. The molecule has 9 nitrogen and oxygen atoms in total. The lowest BCUT2D eigenvalue weighted by molar-refractivity contribution is -0.223. The number of rotatable bonds is 7. The first-order valence-corrected chi connectivity index (χ1v) is 9.60. The normalized spacial score (nSPS) is 26.9. The number of hydrogen-bond acceptors (Lipinski definition) is 8. The third-order valence-corrected chi connectivity index (χ3v) is 5.12. The molecule has 2 aromatic carbocycles. The lowest BCUT2D eigenvalue weighted by Crippen LogP contribution is -2.67. The van der Waals surface area contributed by atoms with Gasteiger partial charge in [-0.15, -0.1) is 0 Å². The van der Waals surface area contributed by atoms with Crippen molar-refractivity contribution >= 4 is 11.6 Å². The predicted molar refractivity (Wildman–Crippen MR) is 108 cm³/mol. The first kappa shape index (κ1) is 22.2. The Morgan fingerprint density at radius 3 is 2.23 bits per heavy atom. The summed E-state index contributed by atoms with van der Waals surface area (Å²) in [5.74, 6) is 0.232. The van der Waals surface area contributed by atoms with Crippen LogP contribution in [-0.4, -0.2) is 86.7 Å². The van der Waals surface area contributed by atoms with Gasteiger partial charge >= 0.3 is 0 Å². The molecule has 1 saturated heterocycles. The van der Waals surface area contributed by atoms with Gasteiger partial charge in [-0.1, -0.05) is 18.2 Å². The first-order valence-electron chi connectivity index (χ1n) is 9.60. The zero-order chi connectivity index (χ0) is 21.7. The summed E-state index contributed by atoms with van der Waals surface area (Å²) in [5, 5.41) is 52.0. The molecule has 0 aliphatic carbocycles. The number of carbonyl (C=O) groups is 1. The quantitative estimate of drug-likeness (QED) is 0.350. The van der Waals surface area contributed by atoms with Gasteiger partial charge in [-0.2, -0.15) is 0 Å². The van der Waals surface area contributed by atoms with Gasteiger partial charge in [0.05, 0.1) is 12.6 Å². The zero-order valence-corrected chi connectivity index (χ0v) is 16.2. The molecule has 1 unspecified atom stereocenters. The van der Waals surface area contributed by atoms with E-state index in [1.54, 1.807) is 36.4 Å². The molecule has 0 spiro atoms. The van der Waals surface area contributed by atoms with Crippen LogP contribution in [0.2, 0.25) is 0 Å². The van der Waals surface area contributed by atoms with Crippen molar-refractivity contribution in [3.8, 4) is 5.75 Å². The Labute approximate surface area is 173 Å². The summed E-state index contributed by atoms with van der Waals surface area (Å²) in [4.78, 5) is 13.5. The summed E-state index contributed by atoms with van der Waals surface area (Å²) in [6.45, 7) is -0.338. The van der Waals surface area contributed by atoms with Crippen LogP contribution >= 0.6 is 0 Å². The van der Waals surface area contributed by atoms with Crippen LogP contribution in [0, 0.1) is 0 Å². The van der Waals surface area contributed by atoms with Gasteiger partial charge in [0.2, 0.25) is 0 Å². The molecule has 1 aliphatic rings. The van der Waals surface area contributed by atoms with E-state index in [2.05, 4.69) is 5.32 Å². The Balaban J connectivity index is 1.54. The summed E-state index contributed by atoms with van der Waals surface area (Å²) >= 11 is 0. The van der Waals surface area contributed by atoms with Crippen molar-refractivity contribution in [2.75, 3.05) is 25.1 Å². The molecule has 0 bridgehead atoms. The number of carbonyl (C=O) groups excluding carboxylic acids is 1. The van der Waals surface area contributed by atoms with Crippen LogP contribution in [0.1, 0.15) is 10.4 Å². The molecule has 1 aliphatic heterocycles. The van der Waals surface area contributed by atoms with E-state index in [0.717, 1.165) is 0 Å². The molecular formula is C21H26N2O7. The van der Waals surface area contributed by atoms with Crippen molar-refractivity contribution in [2.45, 2.75) is 30.6 Å². The molecule has 2 aromatic rings. The fraction of sp³-hybridized carbons (Fsp3) is 0.381. The number of anilines is 1. The molecule has 162 valence electrons. The molecule has 1 fully saturated rings. The third-order valence-electron chi connectivity index (χ3n) is 5.12. The average molecular weight is 418 g/mol. The van der Waals surface area contributed by atoms with E-state index in [1.807, 2.05) is 18.2 Å². The second kappa shape index (κ2) is 9.98.